The molecule has 0 aromatic heterocycles. The van der Waals surface area contributed by atoms with Gasteiger partial charge in [-0.25, -0.2) is 0 Å². The van der Waals surface area contributed by atoms with Gasteiger partial charge in [0.1, 0.15) is 5.75 Å². The molecule has 1 heterocycles. The Balaban J connectivity index is 2.14. The van der Waals surface area contributed by atoms with Gasteiger partial charge >= 0.3 is 0 Å². The average molecular weight is 253 g/mol. The minimum atomic E-state index is 0.278. The molecule has 19 heavy (non-hydrogen) atoms. The second-order valence-corrected chi connectivity index (χ2v) is 5.51. The van der Waals surface area contributed by atoms with Crippen LogP contribution in [-0.2, 0) is 0 Å². The molecule has 1 N–H and O–H groups in total. The number of para-hydroxylation sites is 1. The molecule has 2 aromatic carbocycles. The minimum Gasteiger partial charge on any atom is -0.455 e. The molecule has 2 aromatic rings. The molecule has 1 unspecified atom stereocenters. The van der Waals surface area contributed by atoms with E-state index in [4.69, 9.17) is 4.74 Å². The Morgan fingerprint density at radius 3 is 2.63 bits per heavy atom. The van der Waals surface area contributed by atoms with E-state index in [9.17, 15) is 0 Å². The molecule has 1 atom stereocenters. The van der Waals surface area contributed by atoms with Gasteiger partial charge in [0.15, 0.2) is 5.75 Å². The predicted octanol–water partition coefficient (Wildman–Crippen LogP) is 4.91. The molecule has 0 saturated carbocycles. The minimum absolute atomic E-state index is 0.278. The highest BCUT2D eigenvalue weighted by molar-refractivity contribution is 5.63. The van der Waals surface area contributed by atoms with Crippen LogP contribution in [0.4, 0.5) is 5.69 Å². The number of fused-ring (bicyclic) bond motifs is 2. The van der Waals surface area contributed by atoms with Crippen molar-refractivity contribution in [3.05, 3.63) is 53.6 Å². The highest BCUT2D eigenvalue weighted by Crippen LogP contribution is 2.42. The summed E-state index contributed by atoms with van der Waals surface area (Å²) in [5.41, 5.74) is 3.51. The van der Waals surface area contributed by atoms with Crippen LogP contribution in [-0.4, -0.2) is 0 Å². The Morgan fingerprint density at radius 1 is 1.05 bits per heavy atom. The van der Waals surface area contributed by atoms with Crippen LogP contribution in [0.25, 0.3) is 0 Å². The van der Waals surface area contributed by atoms with E-state index >= 15 is 0 Å². The van der Waals surface area contributed by atoms with E-state index in [1.807, 2.05) is 12.1 Å². The molecule has 0 radical (unpaired) electrons. The van der Waals surface area contributed by atoms with Gasteiger partial charge in [-0.05, 0) is 36.6 Å². The van der Waals surface area contributed by atoms with Crippen LogP contribution in [0.3, 0.4) is 0 Å². The highest BCUT2D eigenvalue weighted by Gasteiger charge is 2.24. The van der Waals surface area contributed by atoms with Crippen LogP contribution in [0.5, 0.6) is 11.5 Å². The van der Waals surface area contributed by atoms with E-state index in [2.05, 4.69) is 56.4 Å². The molecule has 98 valence electrons. The van der Waals surface area contributed by atoms with E-state index in [1.165, 1.54) is 11.1 Å². The van der Waals surface area contributed by atoms with E-state index in [-0.39, 0.29) is 6.04 Å². The highest BCUT2D eigenvalue weighted by atomic mass is 16.5. The van der Waals surface area contributed by atoms with Crippen molar-refractivity contribution < 1.29 is 4.74 Å². The van der Waals surface area contributed by atoms with Crippen molar-refractivity contribution in [1.82, 2.24) is 0 Å². The first-order valence-corrected chi connectivity index (χ1v) is 6.79. The second-order valence-electron chi connectivity index (χ2n) is 5.51. The lowest BCUT2D eigenvalue weighted by atomic mass is 9.95. The Hall–Kier alpha value is -1.96. The first-order chi connectivity index (χ1) is 9.15. The van der Waals surface area contributed by atoms with Crippen LogP contribution in [0, 0.1) is 12.8 Å². The van der Waals surface area contributed by atoms with E-state index in [1.54, 1.807) is 0 Å². The molecule has 3 rings (SSSR count). The third-order valence-electron chi connectivity index (χ3n) is 3.59. The quantitative estimate of drug-likeness (QED) is 0.779. The summed E-state index contributed by atoms with van der Waals surface area (Å²) in [6, 6.07) is 14.9. The summed E-state index contributed by atoms with van der Waals surface area (Å²) in [7, 11) is 0. The summed E-state index contributed by atoms with van der Waals surface area (Å²) in [5, 5.41) is 3.62. The van der Waals surface area contributed by atoms with Crippen LogP contribution in [0.2, 0.25) is 0 Å². The molecule has 1 aliphatic heterocycles. The van der Waals surface area contributed by atoms with Gasteiger partial charge in [0.2, 0.25) is 0 Å². The smallest absolute Gasteiger partial charge is 0.150 e. The summed E-state index contributed by atoms with van der Waals surface area (Å²) in [6.07, 6.45) is 0. The van der Waals surface area contributed by atoms with Crippen LogP contribution in [0.1, 0.15) is 31.0 Å². The maximum absolute atomic E-state index is 6.10. The SMILES string of the molecule is Cc1ccc2c(c1)Oc1ccccc1C(C(C)C)N2. The summed E-state index contributed by atoms with van der Waals surface area (Å²) in [5.74, 6) is 2.37. The summed E-state index contributed by atoms with van der Waals surface area (Å²) >= 11 is 0. The van der Waals surface area contributed by atoms with Crippen LogP contribution < -0.4 is 10.1 Å². The Bertz CT molecular complexity index is 604. The van der Waals surface area contributed by atoms with E-state index in [0.29, 0.717) is 5.92 Å². The normalized spacial score (nSPS) is 16.9. The Kier molecular flexibility index (Phi) is 2.94. The summed E-state index contributed by atoms with van der Waals surface area (Å²) in [6.45, 7) is 6.54. The van der Waals surface area contributed by atoms with Crippen LogP contribution in [0.15, 0.2) is 42.5 Å². The number of hydrogen-bond acceptors (Lipinski definition) is 2. The number of ether oxygens (including phenoxy) is 1. The molecule has 2 nitrogen and oxygen atoms in total. The zero-order valence-electron chi connectivity index (χ0n) is 11.6. The standard InChI is InChI=1S/C17H19NO/c1-11(2)17-13-6-4-5-7-15(13)19-16-10-12(3)8-9-14(16)18-17/h4-11,17-18H,1-3H3. The van der Waals surface area contributed by atoms with Crippen molar-refractivity contribution in [2.45, 2.75) is 26.8 Å². The maximum atomic E-state index is 6.10. The molecule has 0 amide bonds. The van der Waals surface area contributed by atoms with Crippen molar-refractivity contribution in [2.75, 3.05) is 5.32 Å². The van der Waals surface area contributed by atoms with Crippen molar-refractivity contribution in [3.8, 4) is 11.5 Å². The zero-order valence-corrected chi connectivity index (χ0v) is 11.6. The van der Waals surface area contributed by atoms with Gasteiger partial charge < -0.3 is 10.1 Å². The van der Waals surface area contributed by atoms with Crippen molar-refractivity contribution >= 4 is 5.69 Å². The number of hydrogen-bond donors (Lipinski definition) is 1. The number of anilines is 1. The largest absolute Gasteiger partial charge is 0.455 e. The monoisotopic (exact) mass is 253 g/mol. The molecule has 2 heteroatoms. The molecular formula is C17H19NO. The van der Waals surface area contributed by atoms with Gasteiger partial charge in [0, 0.05) is 5.56 Å². The van der Waals surface area contributed by atoms with Gasteiger partial charge in [0.05, 0.1) is 11.7 Å². The van der Waals surface area contributed by atoms with Crippen molar-refractivity contribution in [3.63, 3.8) is 0 Å². The lowest BCUT2D eigenvalue weighted by Crippen LogP contribution is -2.15. The summed E-state index contributed by atoms with van der Waals surface area (Å²) in [4.78, 5) is 0. The molecule has 0 fully saturated rings. The van der Waals surface area contributed by atoms with E-state index in [0.717, 1.165) is 17.2 Å². The predicted molar refractivity (Wildman–Crippen MR) is 78.9 cm³/mol. The Morgan fingerprint density at radius 2 is 1.84 bits per heavy atom. The van der Waals surface area contributed by atoms with Gasteiger partial charge in [-0.1, -0.05) is 38.1 Å². The summed E-state index contributed by atoms with van der Waals surface area (Å²) < 4.78 is 6.10. The van der Waals surface area contributed by atoms with Gasteiger partial charge in [0.25, 0.3) is 0 Å². The number of nitrogens with one attached hydrogen (secondary N) is 1. The lowest BCUT2D eigenvalue weighted by molar-refractivity contribution is 0.473. The van der Waals surface area contributed by atoms with Gasteiger partial charge in [-0.2, -0.15) is 0 Å². The molecule has 0 spiro atoms. The zero-order chi connectivity index (χ0) is 13.4. The maximum Gasteiger partial charge on any atom is 0.150 e. The molecular weight excluding hydrogens is 234 g/mol. The second kappa shape index (κ2) is 4.61. The van der Waals surface area contributed by atoms with Crippen molar-refractivity contribution in [1.29, 1.82) is 0 Å². The number of rotatable bonds is 1. The fourth-order valence-electron chi connectivity index (χ4n) is 2.55. The van der Waals surface area contributed by atoms with Gasteiger partial charge in [-0.3, -0.25) is 0 Å². The number of benzene rings is 2. The average Bonchev–Trinajstić information content (AvgIpc) is 2.54. The molecule has 1 aliphatic rings. The third-order valence-corrected chi connectivity index (χ3v) is 3.59. The van der Waals surface area contributed by atoms with E-state index < -0.39 is 0 Å². The van der Waals surface area contributed by atoms with Crippen molar-refractivity contribution in [2.24, 2.45) is 5.92 Å². The Labute approximate surface area is 114 Å². The molecule has 0 bridgehead atoms. The first-order valence-electron chi connectivity index (χ1n) is 6.79. The number of aryl methyl sites for hydroxylation is 1. The van der Waals surface area contributed by atoms with Crippen LogP contribution >= 0.6 is 0 Å². The molecule has 0 saturated heterocycles. The fourth-order valence-corrected chi connectivity index (χ4v) is 2.55. The fraction of sp³-hybridized carbons (Fsp3) is 0.294. The molecule has 0 aliphatic carbocycles. The topological polar surface area (TPSA) is 21.3 Å². The lowest BCUT2D eigenvalue weighted by Gasteiger charge is -2.22. The van der Waals surface area contributed by atoms with Gasteiger partial charge in [-0.15, -0.1) is 0 Å². The third kappa shape index (κ3) is 2.19. The first kappa shape index (κ1) is 12.1.